The molecule has 1 saturated carbocycles. The molecule has 2 fully saturated rings. The summed E-state index contributed by atoms with van der Waals surface area (Å²) in [6.45, 7) is 4.36. The van der Waals surface area contributed by atoms with Crippen LogP contribution in [0.15, 0.2) is 29.4 Å². The first-order chi connectivity index (χ1) is 11.3. The molecule has 0 spiro atoms. The first kappa shape index (κ1) is 16.1. The molecule has 0 aromatic carbocycles. The van der Waals surface area contributed by atoms with Crippen molar-refractivity contribution in [1.29, 1.82) is 0 Å². The van der Waals surface area contributed by atoms with Crippen LogP contribution in [0.3, 0.4) is 0 Å². The highest BCUT2D eigenvalue weighted by molar-refractivity contribution is 5.80. The van der Waals surface area contributed by atoms with Crippen molar-refractivity contribution < 1.29 is 0 Å². The number of aliphatic imine (C=N–C) groups is 1. The minimum atomic E-state index is 0.504. The van der Waals surface area contributed by atoms with Crippen LogP contribution < -0.4 is 15.5 Å². The van der Waals surface area contributed by atoms with Crippen molar-refractivity contribution in [3.8, 4) is 0 Å². The number of piperidine rings is 1. The van der Waals surface area contributed by atoms with E-state index < -0.39 is 0 Å². The molecule has 0 bridgehead atoms. The first-order valence-corrected chi connectivity index (χ1v) is 8.96. The maximum absolute atomic E-state index is 4.45. The Morgan fingerprint density at radius 2 is 2.13 bits per heavy atom. The van der Waals surface area contributed by atoms with Crippen LogP contribution in [0.1, 0.15) is 39.0 Å². The highest BCUT2D eigenvalue weighted by atomic mass is 15.2. The van der Waals surface area contributed by atoms with Gasteiger partial charge in [0.25, 0.3) is 0 Å². The van der Waals surface area contributed by atoms with E-state index in [0.29, 0.717) is 12.1 Å². The third-order valence-corrected chi connectivity index (χ3v) is 4.94. The lowest BCUT2D eigenvalue weighted by atomic mass is 10.1. The van der Waals surface area contributed by atoms with Crippen LogP contribution >= 0.6 is 0 Å². The van der Waals surface area contributed by atoms with Crippen LogP contribution in [0.5, 0.6) is 0 Å². The molecule has 2 aliphatic rings. The maximum Gasteiger partial charge on any atom is 0.191 e. The van der Waals surface area contributed by atoms with Crippen molar-refractivity contribution in [2.45, 2.75) is 51.1 Å². The average molecular weight is 315 g/mol. The smallest absolute Gasteiger partial charge is 0.191 e. The molecule has 2 heterocycles. The summed E-state index contributed by atoms with van der Waals surface area (Å²) < 4.78 is 0. The second kappa shape index (κ2) is 7.66. The number of nitrogens with zero attached hydrogens (tertiary/aromatic N) is 3. The van der Waals surface area contributed by atoms with Gasteiger partial charge in [-0.2, -0.15) is 0 Å². The van der Waals surface area contributed by atoms with Crippen molar-refractivity contribution >= 4 is 11.8 Å². The van der Waals surface area contributed by atoms with Gasteiger partial charge in [0, 0.05) is 38.4 Å². The minimum Gasteiger partial charge on any atom is -0.356 e. The minimum absolute atomic E-state index is 0.504. The first-order valence-electron chi connectivity index (χ1n) is 8.96. The Morgan fingerprint density at radius 3 is 2.78 bits per heavy atom. The van der Waals surface area contributed by atoms with Crippen LogP contribution in [-0.2, 0) is 0 Å². The third-order valence-electron chi connectivity index (χ3n) is 4.94. The number of guanidine groups is 1. The summed E-state index contributed by atoms with van der Waals surface area (Å²) in [5.41, 5.74) is 0. The molecule has 1 aliphatic carbocycles. The Morgan fingerprint density at radius 1 is 1.30 bits per heavy atom. The SMILES string of the molecule is CCCC1CC1NC(=NC)NC1CCN(c2ccccn2)CC1. The lowest BCUT2D eigenvalue weighted by Gasteiger charge is -2.33. The molecule has 5 heteroatoms. The van der Waals surface area contributed by atoms with E-state index in [1.807, 2.05) is 19.3 Å². The summed E-state index contributed by atoms with van der Waals surface area (Å²) in [6.07, 6.45) is 8.03. The second-order valence-corrected chi connectivity index (χ2v) is 6.70. The van der Waals surface area contributed by atoms with Crippen LogP contribution in [0, 0.1) is 5.92 Å². The molecule has 1 aliphatic heterocycles. The van der Waals surface area contributed by atoms with Gasteiger partial charge in [-0.25, -0.2) is 4.98 Å². The highest BCUT2D eigenvalue weighted by Gasteiger charge is 2.36. The number of anilines is 1. The summed E-state index contributed by atoms with van der Waals surface area (Å²) in [4.78, 5) is 11.2. The van der Waals surface area contributed by atoms with Gasteiger partial charge in [0.15, 0.2) is 5.96 Å². The summed E-state index contributed by atoms with van der Waals surface area (Å²) in [5.74, 6) is 2.92. The molecule has 0 amide bonds. The summed E-state index contributed by atoms with van der Waals surface area (Å²) in [7, 11) is 1.87. The van der Waals surface area contributed by atoms with Crippen LogP contribution in [0.25, 0.3) is 0 Å². The van der Waals surface area contributed by atoms with E-state index in [2.05, 4.69) is 44.6 Å². The zero-order valence-corrected chi connectivity index (χ0v) is 14.3. The molecule has 1 aromatic rings. The zero-order chi connectivity index (χ0) is 16.1. The van der Waals surface area contributed by atoms with Crippen molar-refractivity contribution in [2.24, 2.45) is 10.9 Å². The monoisotopic (exact) mass is 315 g/mol. The van der Waals surface area contributed by atoms with Gasteiger partial charge in [-0.05, 0) is 43.7 Å². The number of rotatable bonds is 5. The van der Waals surface area contributed by atoms with E-state index in [9.17, 15) is 0 Å². The van der Waals surface area contributed by atoms with Gasteiger partial charge < -0.3 is 15.5 Å². The van der Waals surface area contributed by atoms with E-state index in [0.717, 1.165) is 43.6 Å². The van der Waals surface area contributed by atoms with E-state index in [-0.39, 0.29) is 0 Å². The second-order valence-electron chi connectivity index (χ2n) is 6.70. The molecule has 23 heavy (non-hydrogen) atoms. The lowest BCUT2D eigenvalue weighted by molar-refractivity contribution is 0.458. The fourth-order valence-electron chi connectivity index (χ4n) is 3.45. The normalized spacial score (nSPS) is 25.3. The Kier molecular flexibility index (Phi) is 5.36. The highest BCUT2D eigenvalue weighted by Crippen LogP contribution is 2.34. The molecule has 2 unspecified atom stereocenters. The van der Waals surface area contributed by atoms with Gasteiger partial charge in [0.2, 0.25) is 0 Å². The van der Waals surface area contributed by atoms with Crippen molar-refractivity contribution in [1.82, 2.24) is 15.6 Å². The Balaban J connectivity index is 1.43. The zero-order valence-electron chi connectivity index (χ0n) is 14.3. The molecule has 1 saturated heterocycles. The number of aromatic nitrogens is 1. The molecule has 2 N–H and O–H groups in total. The number of hydrogen-bond donors (Lipinski definition) is 2. The molecule has 3 rings (SSSR count). The lowest BCUT2D eigenvalue weighted by Crippen LogP contribution is -2.49. The summed E-state index contributed by atoms with van der Waals surface area (Å²) in [6, 6.07) is 7.26. The molecular weight excluding hydrogens is 286 g/mol. The molecule has 2 atom stereocenters. The fourth-order valence-corrected chi connectivity index (χ4v) is 3.45. The van der Waals surface area contributed by atoms with Crippen molar-refractivity contribution in [3.05, 3.63) is 24.4 Å². The molecule has 1 aromatic heterocycles. The maximum atomic E-state index is 4.45. The summed E-state index contributed by atoms with van der Waals surface area (Å²) in [5, 5.41) is 7.18. The molecule has 0 radical (unpaired) electrons. The van der Waals surface area contributed by atoms with Gasteiger partial charge in [0.05, 0.1) is 0 Å². The van der Waals surface area contributed by atoms with Crippen LogP contribution in [-0.4, -0.2) is 43.2 Å². The molecule has 5 nitrogen and oxygen atoms in total. The van der Waals surface area contributed by atoms with Crippen molar-refractivity contribution in [3.63, 3.8) is 0 Å². The van der Waals surface area contributed by atoms with Gasteiger partial charge >= 0.3 is 0 Å². The van der Waals surface area contributed by atoms with Crippen LogP contribution in [0.2, 0.25) is 0 Å². The topological polar surface area (TPSA) is 52.6 Å². The average Bonchev–Trinajstić information content (AvgIpc) is 3.33. The third kappa shape index (κ3) is 4.36. The number of pyridine rings is 1. The van der Waals surface area contributed by atoms with Gasteiger partial charge in [-0.1, -0.05) is 19.4 Å². The number of nitrogens with one attached hydrogen (secondary N) is 2. The van der Waals surface area contributed by atoms with Gasteiger partial charge in [-0.3, -0.25) is 4.99 Å². The standard InChI is InChI=1S/C18H29N5/c1-3-6-14-13-16(14)22-18(19-2)21-15-8-11-23(12-9-15)17-7-4-5-10-20-17/h4-5,7,10,14-16H,3,6,8-9,11-13H2,1-2H3,(H2,19,21,22). The van der Waals surface area contributed by atoms with E-state index >= 15 is 0 Å². The summed E-state index contributed by atoms with van der Waals surface area (Å²) >= 11 is 0. The predicted molar refractivity (Wildman–Crippen MR) is 95.9 cm³/mol. The molecule has 126 valence electrons. The Hall–Kier alpha value is -1.78. The van der Waals surface area contributed by atoms with Gasteiger partial charge in [0.1, 0.15) is 5.82 Å². The Bertz CT molecular complexity index is 507. The van der Waals surface area contributed by atoms with Crippen molar-refractivity contribution in [2.75, 3.05) is 25.0 Å². The fraction of sp³-hybridized carbons (Fsp3) is 0.667. The van der Waals surface area contributed by atoms with E-state index in [4.69, 9.17) is 0 Å². The quantitative estimate of drug-likeness (QED) is 0.647. The van der Waals surface area contributed by atoms with E-state index in [1.165, 1.54) is 19.3 Å². The molecular formula is C18H29N5. The predicted octanol–water partition coefficient (Wildman–Crippen LogP) is 2.40. The largest absolute Gasteiger partial charge is 0.356 e. The van der Waals surface area contributed by atoms with E-state index in [1.54, 1.807) is 0 Å². The number of hydrogen-bond acceptors (Lipinski definition) is 3. The van der Waals surface area contributed by atoms with Gasteiger partial charge in [-0.15, -0.1) is 0 Å². The Labute approximate surface area is 139 Å². The van der Waals surface area contributed by atoms with Crippen LogP contribution in [0.4, 0.5) is 5.82 Å².